The SMILES string of the molecule is N#CC1=C(c2ccsc2)Nc2n[nH]cc2C1c1cccc2nonc12. The molecule has 1 unspecified atom stereocenters. The van der Waals surface area contributed by atoms with Crippen molar-refractivity contribution in [2.45, 2.75) is 5.92 Å². The van der Waals surface area contributed by atoms with E-state index in [9.17, 15) is 5.26 Å². The number of H-pyrrole nitrogens is 1. The normalized spacial score (nSPS) is 16.5. The lowest BCUT2D eigenvalue weighted by molar-refractivity contribution is 0.315. The predicted octanol–water partition coefficient (Wildman–Crippen LogP) is 3.50. The highest BCUT2D eigenvalue weighted by Crippen LogP contribution is 2.44. The van der Waals surface area contributed by atoms with Gasteiger partial charge in [-0.05, 0) is 33.4 Å². The summed E-state index contributed by atoms with van der Waals surface area (Å²) in [5.74, 6) is 0.407. The van der Waals surface area contributed by atoms with Crippen molar-refractivity contribution in [2.24, 2.45) is 0 Å². The molecule has 0 fully saturated rings. The first kappa shape index (κ1) is 13.9. The zero-order valence-electron chi connectivity index (χ0n) is 12.7. The maximum absolute atomic E-state index is 9.94. The van der Waals surface area contributed by atoms with Gasteiger partial charge in [0.05, 0.1) is 23.3 Å². The van der Waals surface area contributed by atoms with Crippen molar-refractivity contribution >= 4 is 33.9 Å². The van der Waals surface area contributed by atoms with Crippen LogP contribution in [0, 0.1) is 11.3 Å². The Morgan fingerprint density at radius 3 is 3.00 bits per heavy atom. The Hall–Kier alpha value is -3.44. The summed E-state index contributed by atoms with van der Waals surface area (Å²) < 4.78 is 4.90. The molecule has 1 aromatic carbocycles. The van der Waals surface area contributed by atoms with Gasteiger partial charge in [0.1, 0.15) is 11.0 Å². The molecular weight excluding hydrogens is 336 g/mol. The molecule has 120 valence electrons. The lowest BCUT2D eigenvalue weighted by Gasteiger charge is -2.25. The number of nitriles is 1. The van der Waals surface area contributed by atoms with Gasteiger partial charge in [0.25, 0.3) is 0 Å². The molecule has 4 heterocycles. The van der Waals surface area contributed by atoms with E-state index < -0.39 is 0 Å². The maximum atomic E-state index is 9.94. The summed E-state index contributed by atoms with van der Waals surface area (Å²) in [4.78, 5) is 0. The van der Waals surface area contributed by atoms with Crippen molar-refractivity contribution < 1.29 is 4.63 Å². The van der Waals surface area contributed by atoms with Crippen LogP contribution >= 0.6 is 11.3 Å². The lowest BCUT2D eigenvalue weighted by Crippen LogP contribution is -2.17. The zero-order valence-corrected chi connectivity index (χ0v) is 13.5. The molecule has 0 saturated carbocycles. The van der Waals surface area contributed by atoms with Crippen LogP contribution in [0.1, 0.15) is 22.6 Å². The van der Waals surface area contributed by atoms with Crippen LogP contribution in [0.25, 0.3) is 16.7 Å². The number of allylic oxidation sites excluding steroid dienone is 1. The maximum Gasteiger partial charge on any atom is 0.156 e. The van der Waals surface area contributed by atoms with Crippen molar-refractivity contribution in [3.8, 4) is 6.07 Å². The Labute approximate surface area is 145 Å². The summed E-state index contributed by atoms with van der Waals surface area (Å²) in [5.41, 5.74) is 5.42. The number of nitrogens with one attached hydrogen (secondary N) is 2. The summed E-state index contributed by atoms with van der Waals surface area (Å²) in [7, 11) is 0. The van der Waals surface area contributed by atoms with Crippen molar-refractivity contribution in [1.29, 1.82) is 5.26 Å². The van der Waals surface area contributed by atoms with E-state index in [0.29, 0.717) is 22.4 Å². The second kappa shape index (κ2) is 5.29. The molecule has 0 spiro atoms. The number of hydrogen-bond donors (Lipinski definition) is 2. The molecular formula is C17H10N6OS. The summed E-state index contributed by atoms with van der Waals surface area (Å²) in [6.45, 7) is 0. The predicted molar refractivity (Wildman–Crippen MR) is 92.7 cm³/mol. The van der Waals surface area contributed by atoms with Crippen LogP contribution in [0.3, 0.4) is 0 Å². The van der Waals surface area contributed by atoms with Gasteiger partial charge in [0.2, 0.25) is 0 Å². The van der Waals surface area contributed by atoms with Gasteiger partial charge in [-0.3, -0.25) is 5.10 Å². The molecule has 1 atom stereocenters. The summed E-state index contributed by atoms with van der Waals surface area (Å²) in [6.07, 6.45) is 1.81. The third kappa shape index (κ3) is 2.00. The molecule has 2 N–H and O–H groups in total. The first-order valence-electron chi connectivity index (χ1n) is 7.55. The number of aromatic amines is 1. The van der Waals surface area contributed by atoms with Crippen molar-refractivity contribution in [1.82, 2.24) is 20.5 Å². The molecule has 0 amide bonds. The minimum Gasteiger partial charge on any atom is -0.337 e. The number of anilines is 1. The van der Waals surface area contributed by atoms with Crippen LogP contribution in [-0.2, 0) is 0 Å². The largest absolute Gasteiger partial charge is 0.337 e. The highest BCUT2D eigenvalue weighted by atomic mass is 32.1. The Kier molecular flexibility index (Phi) is 2.95. The van der Waals surface area contributed by atoms with E-state index >= 15 is 0 Å². The Morgan fingerprint density at radius 2 is 2.16 bits per heavy atom. The Morgan fingerprint density at radius 1 is 1.20 bits per heavy atom. The fourth-order valence-corrected chi connectivity index (χ4v) is 3.89. The van der Waals surface area contributed by atoms with E-state index in [1.165, 1.54) is 0 Å². The van der Waals surface area contributed by atoms with Crippen LogP contribution in [0.4, 0.5) is 5.82 Å². The molecule has 7 nitrogen and oxygen atoms in total. The van der Waals surface area contributed by atoms with E-state index in [1.807, 2.05) is 35.0 Å². The highest BCUT2D eigenvalue weighted by molar-refractivity contribution is 7.08. The van der Waals surface area contributed by atoms with Crippen LogP contribution < -0.4 is 5.32 Å². The van der Waals surface area contributed by atoms with Gasteiger partial charge in [-0.25, -0.2) is 4.63 Å². The molecule has 5 rings (SSSR count). The van der Waals surface area contributed by atoms with Crippen molar-refractivity contribution in [3.63, 3.8) is 0 Å². The van der Waals surface area contributed by atoms with Gasteiger partial charge in [-0.1, -0.05) is 12.1 Å². The molecule has 0 aliphatic carbocycles. The van der Waals surface area contributed by atoms with Gasteiger partial charge in [0.15, 0.2) is 5.82 Å². The Bertz CT molecular complexity index is 1150. The second-order valence-electron chi connectivity index (χ2n) is 5.64. The first-order chi connectivity index (χ1) is 12.4. The average Bonchev–Trinajstić information content (AvgIpc) is 3.40. The minimum absolute atomic E-state index is 0.300. The molecule has 4 aromatic rings. The molecule has 25 heavy (non-hydrogen) atoms. The van der Waals surface area contributed by atoms with E-state index in [2.05, 4.69) is 31.9 Å². The lowest BCUT2D eigenvalue weighted by atomic mass is 9.82. The quantitative estimate of drug-likeness (QED) is 0.576. The van der Waals surface area contributed by atoms with E-state index in [1.54, 1.807) is 17.5 Å². The molecule has 3 aromatic heterocycles. The monoisotopic (exact) mass is 346 g/mol. The standard InChI is InChI=1S/C17H10N6OS/c18-6-11-14(10-2-1-3-13-16(10)23-24-22-13)12-7-19-21-17(12)20-15(11)9-4-5-25-8-9/h1-5,7-8,14H,(H2,19,20,21). The number of hydrogen-bond acceptors (Lipinski definition) is 7. The average molecular weight is 346 g/mol. The number of rotatable bonds is 2. The van der Waals surface area contributed by atoms with Gasteiger partial charge in [0, 0.05) is 22.7 Å². The third-order valence-electron chi connectivity index (χ3n) is 4.34. The number of thiophene rings is 1. The van der Waals surface area contributed by atoms with Gasteiger partial charge in [-0.2, -0.15) is 21.7 Å². The van der Waals surface area contributed by atoms with E-state index in [-0.39, 0.29) is 5.92 Å². The summed E-state index contributed by atoms with van der Waals surface area (Å²) in [5, 5.41) is 32.4. The van der Waals surface area contributed by atoms with Crippen LogP contribution in [0.15, 0.2) is 51.4 Å². The number of nitrogens with zero attached hydrogens (tertiary/aromatic N) is 4. The van der Waals surface area contributed by atoms with Crippen LogP contribution in [0.2, 0.25) is 0 Å². The molecule has 1 aliphatic heterocycles. The fourth-order valence-electron chi connectivity index (χ4n) is 3.24. The van der Waals surface area contributed by atoms with Crippen LogP contribution in [0.5, 0.6) is 0 Å². The molecule has 0 radical (unpaired) electrons. The first-order valence-corrected chi connectivity index (χ1v) is 8.50. The number of aromatic nitrogens is 4. The van der Waals surface area contributed by atoms with Crippen molar-refractivity contribution in [2.75, 3.05) is 5.32 Å². The van der Waals surface area contributed by atoms with E-state index in [0.717, 1.165) is 22.4 Å². The second-order valence-corrected chi connectivity index (χ2v) is 6.42. The topological polar surface area (TPSA) is 103 Å². The van der Waals surface area contributed by atoms with Crippen molar-refractivity contribution in [3.05, 3.63) is 63.5 Å². The zero-order chi connectivity index (χ0) is 16.8. The molecule has 0 bridgehead atoms. The minimum atomic E-state index is -0.300. The molecule has 8 heteroatoms. The smallest absolute Gasteiger partial charge is 0.156 e. The van der Waals surface area contributed by atoms with Gasteiger partial charge < -0.3 is 5.32 Å². The molecule has 1 aliphatic rings. The number of benzene rings is 1. The Balaban J connectivity index is 1.82. The molecule has 0 saturated heterocycles. The summed E-state index contributed by atoms with van der Waals surface area (Å²) >= 11 is 1.58. The fraction of sp³-hybridized carbons (Fsp3) is 0.0588. The van der Waals surface area contributed by atoms with E-state index in [4.69, 9.17) is 4.63 Å². The van der Waals surface area contributed by atoms with Crippen LogP contribution in [-0.4, -0.2) is 20.5 Å². The van der Waals surface area contributed by atoms with Gasteiger partial charge in [-0.15, -0.1) is 0 Å². The number of fused-ring (bicyclic) bond motifs is 2. The summed E-state index contributed by atoms with van der Waals surface area (Å²) in [6, 6.07) is 10.0. The van der Waals surface area contributed by atoms with Gasteiger partial charge >= 0.3 is 0 Å². The third-order valence-corrected chi connectivity index (χ3v) is 5.02. The highest BCUT2D eigenvalue weighted by Gasteiger charge is 2.33.